The van der Waals surface area contributed by atoms with E-state index in [1.807, 2.05) is 6.92 Å². The summed E-state index contributed by atoms with van der Waals surface area (Å²) in [4.78, 5) is 0. The van der Waals surface area contributed by atoms with E-state index in [1.165, 1.54) is 12.8 Å². The molecule has 15 heavy (non-hydrogen) atoms. The molecule has 4 nitrogen and oxygen atoms in total. The second-order valence-electron chi connectivity index (χ2n) is 4.54. The van der Waals surface area contributed by atoms with Gasteiger partial charge in [-0.05, 0) is 32.6 Å². The Labute approximate surface area is 92.7 Å². The highest BCUT2D eigenvalue weighted by atomic mass is 32.2. The summed E-state index contributed by atoms with van der Waals surface area (Å²) in [6.45, 7) is 3.77. The van der Waals surface area contributed by atoms with Gasteiger partial charge in [0.15, 0.2) is 0 Å². The Morgan fingerprint density at radius 3 is 2.33 bits per heavy atom. The van der Waals surface area contributed by atoms with Crippen LogP contribution in [0.4, 0.5) is 0 Å². The molecule has 5 heteroatoms. The zero-order valence-electron chi connectivity index (χ0n) is 9.57. The van der Waals surface area contributed by atoms with Gasteiger partial charge in [-0.2, -0.15) is 0 Å². The lowest BCUT2D eigenvalue weighted by atomic mass is 10.0. The summed E-state index contributed by atoms with van der Waals surface area (Å²) in [5, 5.41) is -0.499. The first-order chi connectivity index (χ1) is 6.97. The van der Waals surface area contributed by atoms with Crippen LogP contribution in [0.5, 0.6) is 0 Å². The third-order valence-electron chi connectivity index (χ3n) is 3.32. The quantitative estimate of drug-likeness (QED) is 0.740. The number of hydrogen-bond acceptors (Lipinski definition) is 3. The molecule has 1 aliphatic rings. The van der Waals surface area contributed by atoms with Gasteiger partial charge in [-0.15, -0.1) is 0 Å². The van der Waals surface area contributed by atoms with Gasteiger partial charge in [0, 0.05) is 12.6 Å². The molecule has 0 aromatic heterocycles. The minimum Gasteiger partial charge on any atom is -0.329 e. The maximum absolute atomic E-state index is 11.7. The standard InChI is InChI=1S/C10H22N2O2S/c1-8(7-11)15(13,14)12-9(2)10-5-3-4-6-10/h8-10,12H,3-7,11H2,1-2H3. The van der Waals surface area contributed by atoms with Gasteiger partial charge in [-0.1, -0.05) is 12.8 Å². The Kier molecular flexibility index (Phi) is 4.55. The van der Waals surface area contributed by atoms with E-state index in [4.69, 9.17) is 5.73 Å². The van der Waals surface area contributed by atoms with E-state index in [2.05, 4.69) is 4.72 Å². The van der Waals surface area contributed by atoms with Crippen molar-refractivity contribution in [3.05, 3.63) is 0 Å². The van der Waals surface area contributed by atoms with Crippen molar-refractivity contribution in [2.24, 2.45) is 11.7 Å². The zero-order valence-corrected chi connectivity index (χ0v) is 10.4. The van der Waals surface area contributed by atoms with Crippen LogP contribution >= 0.6 is 0 Å². The average Bonchev–Trinajstić information content (AvgIpc) is 2.68. The summed E-state index contributed by atoms with van der Waals surface area (Å²) in [5.74, 6) is 0.504. The first-order valence-electron chi connectivity index (χ1n) is 5.68. The largest absolute Gasteiger partial charge is 0.329 e. The van der Waals surface area contributed by atoms with Crippen LogP contribution in [-0.2, 0) is 10.0 Å². The number of hydrogen-bond donors (Lipinski definition) is 2. The highest BCUT2D eigenvalue weighted by Crippen LogP contribution is 2.27. The molecule has 1 fully saturated rings. The van der Waals surface area contributed by atoms with Gasteiger partial charge >= 0.3 is 0 Å². The minimum atomic E-state index is -3.22. The SMILES string of the molecule is CC(NS(=O)(=O)C(C)CN)C1CCCC1. The molecule has 90 valence electrons. The Hall–Kier alpha value is -0.130. The van der Waals surface area contributed by atoms with Gasteiger partial charge in [-0.25, -0.2) is 13.1 Å². The molecule has 0 spiro atoms. The maximum atomic E-state index is 11.7. The molecule has 2 unspecified atom stereocenters. The number of nitrogens with one attached hydrogen (secondary N) is 1. The van der Waals surface area contributed by atoms with Crippen molar-refractivity contribution < 1.29 is 8.42 Å². The Bertz CT molecular complexity index is 284. The van der Waals surface area contributed by atoms with Gasteiger partial charge in [0.05, 0.1) is 5.25 Å². The summed E-state index contributed by atoms with van der Waals surface area (Å²) in [5.41, 5.74) is 5.37. The van der Waals surface area contributed by atoms with Crippen LogP contribution < -0.4 is 10.5 Å². The minimum absolute atomic E-state index is 0.0477. The Morgan fingerprint density at radius 2 is 1.87 bits per heavy atom. The van der Waals surface area contributed by atoms with E-state index in [0.29, 0.717) is 5.92 Å². The molecule has 0 aromatic rings. The topological polar surface area (TPSA) is 72.2 Å². The lowest BCUT2D eigenvalue weighted by molar-refractivity contribution is 0.422. The van der Waals surface area contributed by atoms with Crippen LogP contribution in [0.2, 0.25) is 0 Å². The highest BCUT2D eigenvalue weighted by molar-refractivity contribution is 7.90. The van der Waals surface area contributed by atoms with Crippen molar-refractivity contribution in [3.8, 4) is 0 Å². The molecule has 0 heterocycles. The van der Waals surface area contributed by atoms with Gasteiger partial charge in [0.2, 0.25) is 10.0 Å². The normalized spacial score (nSPS) is 22.9. The maximum Gasteiger partial charge on any atom is 0.215 e. The fourth-order valence-corrected chi connectivity index (χ4v) is 3.25. The van der Waals surface area contributed by atoms with Crippen molar-refractivity contribution in [2.75, 3.05) is 6.54 Å². The Morgan fingerprint density at radius 1 is 1.33 bits per heavy atom. The fraction of sp³-hybridized carbons (Fsp3) is 1.00. The first-order valence-corrected chi connectivity index (χ1v) is 7.23. The molecule has 0 saturated heterocycles. The second-order valence-corrected chi connectivity index (χ2v) is 6.67. The molecule has 0 bridgehead atoms. The number of nitrogens with two attached hydrogens (primary N) is 1. The molecule has 0 aromatic carbocycles. The molecule has 0 radical (unpaired) electrons. The predicted molar refractivity (Wildman–Crippen MR) is 62.0 cm³/mol. The molecule has 2 atom stereocenters. The van der Waals surface area contributed by atoms with Crippen LogP contribution in [0.15, 0.2) is 0 Å². The number of sulfonamides is 1. The van der Waals surface area contributed by atoms with Crippen molar-refractivity contribution in [1.29, 1.82) is 0 Å². The van der Waals surface area contributed by atoms with Crippen molar-refractivity contribution in [1.82, 2.24) is 4.72 Å². The molecule has 1 aliphatic carbocycles. The van der Waals surface area contributed by atoms with Crippen LogP contribution in [0.3, 0.4) is 0 Å². The predicted octanol–water partition coefficient (Wildman–Crippen LogP) is 0.832. The van der Waals surface area contributed by atoms with Gasteiger partial charge in [-0.3, -0.25) is 0 Å². The van der Waals surface area contributed by atoms with Crippen LogP contribution in [0.25, 0.3) is 0 Å². The first kappa shape index (κ1) is 12.9. The van der Waals surface area contributed by atoms with Crippen molar-refractivity contribution in [3.63, 3.8) is 0 Å². The van der Waals surface area contributed by atoms with E-state index in [-0.39, 0.29) is 12.6 Å². The fourth-order valence-electron chi connectivity index (χ4n) is 2.06. The Balaban J connectivity index is 2.52. The van der Waals surface area contributed by atoms with E-state index in [9.17, 15) is 8.42 Å². The lowest BCUT2D eigenvalue weighted by Crippen LogP contribution is -2.43. The average molecular weight is 234 g/mol. The third kappa shape index (κ3) is 3.43. The molecule has 0 amide bonds. The van der Waals surface area contributed by atoms with E-state index < -0.39 is 15.3 Å². The van der Waals surface area contributed by atoms with Gasteiger partial charge < -0.3 is 5.73 Å². The molecule has 1 rings (SSSR count). The van der Waals surface area contributed by atoms with Crippen LogP contribution in [-0.4, -0.2) is 26.3 Å². The summed E-state index contributed by atoms with van der Waals surface area (Å²) in [6.07, 6.45) is 4.73. The van der Waals surface area contributed by atoms with Crippen molar-refractivity contribution in [2.45, 2.75) is 50.8 Å². The lowest BCUT2D eigenvalue weighted by Gasteiger charge is -2.22. The monoisotopic (exact) mass is 234 g/mol. The van der Waals surface area contributed by atoms with E-state index >= 15 is 0 Å². The third-order valence-corrected chi connectivity index (χ3v) is 5.27. The van der Waals surface area contributed by atoms with Gasteiger partial charge in [0.25, 0.3) is 0 Å². The zero-order chi connectivity index (χ0) is 11.5. The highest BCUT2D eigenvalue weighted by Gasteiger charge is 2.27. The number of rotatable bonds is 5. The van der Waals surface area contributed by atoms with Crippen LogP contribution in [0.1, 0.15) is 39.5 Å². The van der Waals surface area contributed by atoms with E-state index in [0.717, 1.165) is 12.8 Å². The molecular weight excluding hydrogens is 212 g/mol. The van der Waals surface area contributed by atoms with E-state index in [1.54, 1.807) is 6.92 Å². The summed E-state index contributed by atoms with van der Waals surface area (Å²) < 4.78 is 26.2. The molecular formula is C10H22N2O2S. The summed E-state index contributed by atoms with van der Waals surface area (Å²) in [6, 6.07) is 0.0477. The summed E-state index contributed by atoms with van der Waals surface area (Å²) >= 11 is 0. The van der Waals surface area contributed by atoms with Gasteiger partial charge in [0.1, 0.15) is 0 Å². The second kappa shape index (κ2) is 5.27. The van der Waals surface area contributed by atoms with Crippen LogP contribution in [0, 0.1) is 5.92 Å². The summed E-state index contributed by atoms with van der Waals surface area (Å²) in [7, 11) is -3.22. The molecule has 3 N–H and O–H groups in total. The van der Waals surface area contributed by atoms with Crippen molar-refractivity contribution >= 4 is 10.0 Å². The molecule has 1 saturated carbocycles. The smallest absolute Gasteiger partial charge is 0.215 e. The molecule has 0 aliphatic heterocycles.